The molecule has 72 valence electrons. The fraction of sp³-hybridized carbons (Fsp3) is 0.250. The number of ether oxygens (including phenoxy) is 1. The quantitative estimate of drug-likeness (QED) is 0.526. The number of carbonyl (C=O) groups is 1. The zero-order valence-electron chi connectivity index (χ0n) is 7.85. The first-order valence-corrected chi connectivity index (χ1v) is 4.79. The second-order valence-corrected chi connectivity index (χ2v) is 3.32. The van der Waals surface area contributed by atoms with Gasteiger partial charge in [-0.25, -0.2) is 4.79 Å². The highest BCUT2D eigenvalue weighted by Gasteiger charge is 2.15. The maximum Gasteiger partial charge on any atom is 0.338 e. The largest absolute Gasteiger partial charge is 0.455 e. The highest BCUT2D eigenvalue weighted by Crippen LogP contribution is 2.14. The zero-order valence-corrected chi connectivity index (χ0v) is 7.85. The molecule has 1 aliphatic carbocycles. The topological polar surface area (TPSA) is 26.3 Å². The molecule has 1 atom stereocenters. The van der Waals surface area contributed by atoms with Gasteiger partial charge in [0.05, 0.1) is 5.56 Å². The van der Waals surface area contributed by atoms with E-state index in [1.807, 2.05) is 30.4 Å². The summed E-state index contributed by atoms with van der Waals surface area (Å²) in [4.78, 5) is 11.5. The Kier molecular flexibility index (Phi) is 2.63. The highest BCUT2D eigenvalue weighted by atomic mass is 16.5. The molecule has 0 radical (unpaired) electrons. The van der Waals surface area contributed by atoms with Gasteiger partial charge in [0.2, 0.25) is 0 Å². The molecule has 0 spiro atoms. The summed E-state index contributed by atoms with van der Waals surface area (Å²) < 4.78 is 5.27. The lowest BCUT2D eigenvalue weighted by Gasteiger charge is -2.09. The van der Waals surface area contributed by atoms with Crippen molar-refractivity contribution in [2.24, 2.45) is 0 Å². The van der Waals surface area contributed by atoms with Crippen LogP contribution in [0.1, 0.15) is 23.2 Å². The molecule has 0 bridgehead atoms. The molecular weight excluding hydrogens is 176 g/mol. The lowest BCUT2D eigenvalue weighted by atomic mass is 10.2. The van der Waals surface area contributed by atoms with Crippen LogP contribution in [-0.4, -0.2) is 12.1 Å². The minimum Gasteiger partial charge on any atom is -0.455 e. The van der Waals surface area contributed by atoms with Crippen LogP contribution in [0.4, 0.5) is 0 Å². The molecule has 0 N–H and O–H groups in total. The van der Waals surface area contributed by atoms with Crippen molar-refractivity contribution < 1.29 is 9.53 Å². The summed E-state index contributed by atoms with van der Waals surface area (Å²) in [6.07, 6.45) is 5.89. The fourth-order valence-electron chi connectivity index (χ4n) is 1.48. The molecule has 2 nitrogen and oxygen atoms in total. The van der Waals surface area contributed by atoms with E-state index in [9.17, 15) is 4.79 Å². The van der Waals surface area contributed by atoms with Crippen LogP contribution in [0.25, 0.3) is 0 Å². The van der Waals surface area contributed by atoms with Crippen molar-refractivity contribution in [1.29, 1.82) is 0 Å². The molecular formula is C12H12O2. The van der Waals surface area contributed by atoms with E-state index in [1.54, 1.807) is 12.1 Å². The van der Waals surface area contributed by atoms with Crippen LogP contribution in [0.2, 0.25) is 0 Å². The third-order valence-electron chi connectivity index (χ3n) is 2.24. The number of carbonyl (C=O) groups excluding carboxylic acids is 1. The summed E-state index contributed by atoms with van der Waals surface area (Å²) in [6.45, 7) is 0. The monoisotopic (exact) mass is 188 g/mol. The van der Waals surface area contributed by atoms with Gasteiger partial charge >= 0.3 is 5.97 Å². The predicted molar refractivity (Wildman–Crippen MR) is 54.0 cm³/mol. The van der Waals surface area contributed by atoms with Gasteiger partial charge in [0.1, 0.15) is 6.10 Å². The minimum absolute atomic E-state index is 0.0253. The van der Waals surface area contributed by atoms with Gasteiger partial charge in [0.25, 0.3) is 0 Å². The molecule has 1 aromatic rings. The van der Waals surface area contributed by atoms with Gasteiger partial charge in [0, 0.05) is 0 Å². The molecule has 0 saturated heterocycles. The molecule has 0 fully saturated rings. The molecule has 0 aromatic heterocycles. The van der Waals surface area contributed by atoms with Crippen molar-refractivity contribution in [1.82, 2.24) is 0 Å². The van der Waals surface area contributed by atoms with E-state index in [4.69, 9.17) is 4.74 Å². The Morgan fingerprint density at radius 2 is 2.07 bits per heavy atom. The smallest absolute Gasteiger partial charge is 0.338 e. The third-order valence-corrected chi connectivity index (χ3v) is 2.24. The molecule has 0 aliphatic heterocycles. The normalized spacial score (nSPS) is 19.6. The Morgan fingerprint density at radius 3 is 2.71 bits per heavy atom. The number of rotatable bonds is 2. The van der Waals surface area contributed by atoms with Crippen LogP contribution in [0.15, 0.2) is 42.5 Å². The number of allylic oxidation sites excluding steroid dienone is 1. The minimum atomic E-state index is -0.234. The van der Waals surface area contributed by atoms with Crippen molar-refractivity contribution in [2.75, 3.05) is 0 Å². The van der Waals surface area contributed by atoms with Gasteiger partial charge in [-0.05, 0) is 31.1 Å². The molecule has 0 amide bonds. The number of esters is 1. The summed E-state index contributed by atoms with van der Waals surface area (Å²) in [5.41, 5.74) is 0.618. The van der Waals surface area contributed by atoms with E-state index in [0.717, 1.165) is 12.8 Å². The van der Waals surface area contributed by atoms with E-state index in [-0.39, 0.29) is 12.1 Å². The summed E-state index contributed by atoms with van der Waals surface area (Å²) in [5, 5.41) is 0. The van der Waals surface area contributed by atoms with Gasteiger partial charge in [-0.1, -0.05) is 24.3 Å². The zero-order chi connectivity index (χ0) is 9.80. The Bertz CT molecular complexity index is 341. The molecule has 1 aromatic carbocycles. The first kappa shape index (κ1) is 9.00. The lowest BCUT2D eigenvalue weighted by Crippen LogP contribution is -2.13. The van der Waals surface area contributed by atoms with Gasteiger partial charge in [-0.15, -0.1) is 0 Å². The summed E-state index contributed by atoms with van der Waals surface area (Å²) >= 11 is 0. The van der Waals surface area contributed by atoms with Crippen LogP contribution in [0, 0.1) is 0 Å². The molecule has 0 heterocycles. The van der Waals surface area contributed by atoms with Crippen LogP contribution < -0.4 is 0 Å². The van der Waals surface area contributed by atoms with Crippen molar-refractivity contribution in [3.63, 3.8) is 0 Å². The highest BCUT2D eigenvalue weighted by molar-refractivity contribution is 5.89. The Morgan fingerprint density at radius 1 is 1.29 bits per heavy atom. The predicted octanol–water partition coefficient (Wildman–Crippen LogP) is 2.56. The average molecular weight is 188 g/mol. The first-order valence-electron chi connectivity index (χ1n) is 4.79. The van der Waals surface area contributed by atoms with Crippen LogP contribution in [0.5, 0.6) is 0 Å². The number of benzene rings is 1. The summed E-state index contributed by atoms with van der Waals surface area (Å²) in [5.74, 6) is -0.234. The molecule has 1 unspecified atom stereocenters. The Balaban J connectivity index is 1.99. The molecule has 2 heteroatoms. The van der Waals surface area contributed by atoms with E-state index in [2.05, 4.69) is 0 Å². The van der Waals surface area contributed by atoms with Crippen LogP contribution >= 0.6 is 0 Å². The molecule has 14 heavy (non-hydrogen) atoms. The Labute approximate surface area is 83.2 Å². The van der Waals surface area contributed by atoms with Crippen molar-refractivity contribution in [2.45, 2.75) is 18.9 Å². The standard InChI is InChI=1S/C12H12O2/c13-12(10-6-2-1-3-7-10)14-11-8-4-5-9-11/h1-4,6-8,11H,5,9H2. The van der Waals surface area contributed by atoms with E-state index < -0.39 is 0 Å². The lowest BCUT2D eigenvalue weighted by molar-refractivity contribution is 0.0395. The number of hydrogen-bond donors (Lipinski definition) is 0. The van der Waals surface area contributed by atoms with Gasteiger partial charge in [-0.2, -0.15) is 0 Å². The molecule has 1 aliphatic rings. The second kappa shape index (κ2) is 4.09. The van der Waals surface area contributed by atoms with Gasteiger partial charge in [0.15, 0.2) is 0 Å². The molecule has 2 rings (SSSR count). The first-order chi connectivity index (χ1) is 6.86. The van der Waals surface area contributed by atoms with Crippen molar-refractivity contribution in [3.05, 3.63) is 48.0 Å². The van der Waals surface area contributed by atoms with E-state index in [0.29, 0.717) is 5.56 Å². The van der Waals surface area contributed by atoms with E-state index in [1.165, 1.54) is 0 Å². The van der Waals surface area contributed by atoms with Crippen molar-refractivity contribution in [3.8, 4) is 0 Å². The van der Waals surface area contributed by atoms with Crippen molar-refractivity contribution >= 4 is 5.97 Å². The third kappa shape index (κ3) is 2.02. The van der Waals surface area contributed by atoms with Crippen LogP contribution in [0.3, 0.4) is 0 Å². The summed E-state index contributed by atoms with van der Waals surface area (Å²) in [7, 11) is 0. The van der Waals surface area contributed by atoms with Gasteiger partial charge < -0.3 is 4.74 Å². The van der Waals surface area contributed by atoms with Crippen LogP contribution in [-0.2, 0) is 4.74 Å². The van der Waals surface area contributed by atoms with E-state index >= 15 is 0 Å². The summed E-state index contributed by atoms with van der Waals surface area (Å²) in [6, 6.07) is 9.08. The molecule has 0 saturated carbocycles. The SMILES string of the molecule is O=C(OC1C=CCC1)c1ccccc1. The number of hydrogen-bond acceptors (Lipinski definition) is 2. The Hall–Kier alpha value is -1.57. The average Bonchev–Trinajstić information content (AvgIpc) is 2.72. The van der Waals surface area contributed by atoms with Gasteiger partial charge in [-0.3, -0.25) is 0 Å². The fourth-order valence-corrected chi connectivity index (χ4v) is 1.48. The maximum absolute atomic E-state index is 11.5. The maximum atomic E-state index is 11.5. The second-order valence-electron chi connectivity index (χ2n) is 3.32.